The number of rotatable bonds is 3. The second kappa shape index (κ2) is 4.68. The number of ether oxygens (including phenoxy) is 1. The average molecular weight is 274 g/mol. The molecule has 0 unspecified atom stereocenters. The number of hydrogen-bond donors (Lipinski definition) is 1. The Morgan fingerprint density at radius 2 is 1.79 bits per heavy atom. The van der Waals surface area contributed by atoms with Gasteiger partial charge in [0.1, 0.15) is 6.10 Å². The van der Waals surface area contributed by atoms with E-state index in [0.717, 1.165) is 5.56 Å². The standard InChI is InChI=1S/C15H12ClNO2/c16-10-7-5-9(6-8-10)14-15(19-14)13(18)11-3-1-2-4-12(11)17/h1-8,14-15H,17H2/t14-,15-/m1/s1. The van der Waals surface area contributed by atoms with Crippen molar-refractivity contribution in [3.8, 4) is 0 Å². The number of Topliss-reactive ketones (excluding diaryl/α,β-unsaturated/α-hetero) is 1. The van der Waals surface area contributed by atoms with Crippen LogP contribution < -0.4 is 5.73 Å². The number of ketones is 1. The Morgan fingerprint density at radius 1 is 1.11 bits per heavy atom. The van der Waals surface area contributed by atoms with Crippen molar-refractivity contribution in [3.05, 3.63) is 64.7 Å². The Bertz CT molecular complexity index is 624. The first-order valence-electron chi connectivity index (χ1n) is 5.96. The van der Waals surface area contributed by atoms with Gasteiger partial charge in [0, 0.05) is 16.3 Å². The number of nitrogens with two attached hydrogens (primary N) is 1. The summed E-state index contributed by atoms with van der Waals surface area (Å²) in [5.41, 5.74) is 7.75. The lowest BCUT2D eigenvalue weighted by molar-refractivity contribution is 0.0954. The lowest BCUT2D eigenvalue weighted by atomic mass is 10.0. The summed E-state index contributed by atoms with van der Waals surface area (Å²) in [7, 11) is 0. The zero-order valence-electron chi connectivity index (χ0n) is 10.0. The second-order valence-electron chi connectivity index (χ2n) is 4.48. The third kappa shape index (κ3) is 2.35. The van der Waals surface area contributed by atoms with Crippen molar-refractivity contribution in [2.24, 2.45) is 0 Å². The fraction of sp³-hybridized carbons (Fsp3) is 0.133. The minimum atomic E-state index is -0.439. The molecule has 1 aliphatic heterocycles. The third-order valence-electron chi connectivity index (χ3n) is 3.17. The molecule has 96 valence electrons. The first-order valence-corrected chi connectivity index (χ1v) is 6.34. The maximum Gasteiger partial charge on any atom is 0.196 e. The summed E-state index contributed by atoms with van der Waals surface area (Å²) in [4.78, 5) is 12.2. The molecule has 0 radical (unpaired) electrons. The van der Waals surface area contributed by atoms with Crippen molar-refractivity contribution in [3.63, 3.8) is 0 Å². The maximum atomic E-state index is 12.2. The Labute approximate surface area is 115 Å². The highest BCUT2D eigenvalue weighted by Gasteiger charge is 2.46. The Hall–Kier alpha value is -1.84. The molecule has 0 saturated carbocycles. The predicted octanol–water partition coefficient (Wildman–Crippen LogP) is 3.25. The van der Waals surface area contributed by atoms with Crippen molar-refractivity contribution < 1.29 is 9.53 Å². The quantitative estimate of drug-likeness (QED) is 0.531. The normalized spacial score (nSPS) is 21.1. The monoisotopic (exact) mass is 273 g/mol. The highest BCUT2D eigenvalue weighted by atomic mass is 35.5. The summed E-state index contributed by atoms with van der Waals surface area (Å²) in [6.45, 7) is 0. The van der Waals surface area contributed by atoms with Crippen LogP contribution in [0.4, 0.5) is 5.69 Å². The van der Waals surface area contributed by atoms with Crippen molar-refractivity contribution >= 4 is 23.1 Å². The van der Waals surface area contributed by atoms with E-state index in [1.807, 2.05) is 12.1 Å². The van der Waals surface area contributed by atoms with Crippen LogP contribution in [-0.4, -0.2) is 11.9 Å². The van der Waals surface area contributed by atoms with Crippen LogP contribution in [0.5, 0.6) is 0 Å². The fourth-order valence-corrected chi connectivity index (χ4v) is 2.22. The van der Waals surface area contributed by atoms with Gasteiger partial charge in [-0.2, -0.15) is 0 Å². The minimum Gasteiger partial charge on any atom is -0.398 e. The van der Waals surface area contributed by atoms with Crippen LogP contribution in [0.3, 0.4) is 0 Å². The summed E-state index contributed by atoms with van der Waals surface area (Å²) in [5, 5.41) is 0.666. The zero-order chi connectivity index (χ0) is 13.4. The number of para-hydroxylation sites is 1. The molecule has 2 aromatic rings. The van der Waals surface area contributed by atoms with E-state index in [1.165, 1.54) is 0 Å². The van der Waals surface area contributed by atoms with E-state index in [0.29, 0.717) is 16.3 Å². The molecular formula is C15H12ClNO2. The number of carbonyl (C=O) groups is 1. The summed E-state index contributed by atoms with van der Waals surface area (Å²) < 4.78 is 5.47. The molecule has 0 spiro atoms. The van der Waals surface area contributed by atoms with Crippen molar-refractivity contribution in [1.29, 1.82) is 0 Å². The number of anilines is 1. The van der Waals surface area contributed by atoms with Crippen LogP contribution in [0.15, 0.2) is 48.5 Å². The largest absolute Gasteiger partial charge is 0.398 e. The molecule has 1 heterocycles. The maximum absolute atomic E-state index is 12.2. The molecule has 3 nitrogen and oxygen atoms in total. The van der Waals surface area contributed by atoms with Crippen LogP contribution in [0.2, 0.25) is 5.02 Å². The third-order valence-corrected chi connectivity index (χ3v) is 3.43. The van der Waals surface area contributed by atoms with E-state index in [-0.39, 0.29) is 11.9 Å². The Balaban J connectivity index is 1.78. The smallest absolute Gasteiger partial charge is 0.196 e. The highest BCUT2D eigenvalue weighted by molar-refractivity contribution is 6.30. The van der Waals surface area contributed by atoms with E-state index >= 15 is 0 Å². The van der Waals surface area contributed by atoms with Gasteiger partial charge in [-0.25, -0.2) is 0 Å². The van der Waals surface area contributed by atoms with Crippen molar-refractivity contribution in [2.75, 3.05) is 5.73 Å². The molecule has 0 bridgehead atoms. The van der Waals surface area contributed by atoms with E-state index in [4.69, 9.17) is 22.1 Å². The summed E-state index contributed by atoms with van der Waals surface area (Å²) >= 11 is 5.83. The van der Waals surface area contributed by atoms with E-state index in [2.05, 4.69) is 0 Å². The van der Waals surface area contributed by atoms with Gasteiger partial charge in [-0.1, -0.05) is 35.9 Å². The molecule has 1 aliphatic rings. The van der Waals surface area contributed by atoms with Crippen molar-refractivity contribution in [2.45, 2.75) is 12.2 Å². The highest BCUT2D eigenvalue weighted by Crippen LogP contribution is 2.41. The Morgan fingerprint density at radius 3 is 2.47 bits per heavy atom. The predicted molar refractivity (Wildman–Crippen MR) is 74.3 cm³/mol. The number of hydrogen-bond acceptors (Lipinski definition) is 3. The van der Waals surface area contributed by atoms with E-state index in [9.17, 15) is 4.79 Å². The SMILES string of the molecule is Nc1ccccc1C(=O)[C@H]1O[C@@H]1c1ccc(Cl)cc1. The molecule has 2 N–H and O–H groups in total. The van der Waals surface area contributed by atoms with Gasteiger partial charge in [0.2, 0.25) is 0 Å². The molecule has 4 heteroatoms. The van der Waals surface area contributed by atoms with Gasteiger partial charge < -0.3 is 10.5 Å². The molecule has 0 aliphatic carbocycles. The zero-order valence-corrected chi connectivity index (χ0v) is 10.8. The van der Waals surface area contributed by atoms with E-state index in [1.54, 1.807) is 36.4 Å². The number of halogens is 1. The van der Waals surface area contributed by atoms with Gasteiger partial charge in [-0.3, -0.25) is 4.79 Å². The first-order chi connectivity index (χ1) is 9.16. The fourth-order valence-electron chi connectivity index (χ4n) is 2.09. The lowest BCUT2D eigenvalue weighted by Gasteiger charge is -2.01. The van der Waals surface area contributed by atoms with Crippen LogP contribution in [0.25, 0.3) is 0 Å². The Kier molecular flexibility index (Phi) is 3.01. The molecular weight excluding hydrogens is 262 g/mol. The average Bonchev–Trinajstić information content (AvgIpc) is 3.20. The number of benzene rings is 2. The lowest BCUT2D eigenvalue weighted by Crippen LogP contribution is -2.10. The van der Waals surface area contributed by atoms with Gasteiger partial charge in [0.25, 0.3) is 0 Å². The van der Waals surface area contributed by atoms with Gasteiger partial charge in [-0.15, -0.1) is 0 Å². The van der Waals surface area contributed by atoms with Gasteiger partial charge in [-0.05, 0) is 29.8 Å². The summed E-state index contributed by atoms with van der Waals surface area (Å²) in [6, 6.07) is 14.3. The van der Waals surface area contributed by atoms with E-state index < -0.39 is 6.10 Å². The molecule has 0 amide bonds. The van der Waals surface area contributed by atoms with Crippen LogP contribution in [0.1, 0.15) is 22.0 Å². The number of epoxide rings is 1. The van der Waals surface area contributed by atoms with Crippen LogP contribution >= 0.6 is 11.6 Å². The second-order valence-corrected chi connectivity index (χ2v) is 4.92. The van der Waals surface area contributed by atoms with Gasteiger partial charge in [0.15, 0.2) is 11.9 Å². The first kappa shape index (κ1) is 12.2. The summed E-state index contributed by atoms with van der Waals surface area (Å²) in [5.74, 6) is -0.0713. The molecule has 19 heavy (non-hydrogen) atoms. The topological polar surface area (TPSA) is 55.6 Å². The van der Waals surface area contributed by atoms with Gasteiger partial charge in [0.05, 0.1) is 0 Å². The van der Waals surface area contributed by atoms with Crippen LogP contribution in [-0.2, 0) is 4.74 Å². The minimum absolute atomic E-state index is 0.0713. The van der Waals surface area contributed by atoms with Crippen LogP contribution in [0, 0.1) is 0 Å². The molecule has 2 aromatic carbocycles. The summed E-state index contributed by atoms with van der Waals surface area (Å²) in [6.07, 6.45) is -0.629. The number of carbonyl (C=O) groups excluding carboxylic acids is 1. The van der Waals surface area contributed by atoms with Crippen molar-refractivity contribution in [1.82, 2.24) is 0 Å². The van der Waals surface area contributed by atoms with Gasteiger partial charge >= 0.3 is 0 Å². The molecule has 0 aromatic heterocycles. The molecule has 1 fully saturated rings. The number of nitrogen functional groups attached to an aromatic ring is 1. The molecule has 1 saturated heterocycles. The molecule has 2 atom stereocenters. The molecule has 3 rings (SSSR count).